The Morgan fingerprint density at radius 1 is 1.39 bits per heavy atom. The topological polar surface area (TPSA) is 46.3 Å². The van der Waals surface area contributed by atoms with E-state index in [1.807, 2.05) is 23.1 Å². The molecule has 0 aliphatic carbocycles. The lowest BCUT2D eigenvalue weighted by Gasteiger charge is -2.25. The molecule has 1 amide bonds. The molecule has 1 aliphatic heterocycles. The molecular formula is C14H18N2OS. The van der Waals surface area contributed by atoms with Crippen molar-refractivity contribution in [1.29, 1.82) is 0 Å². The van der Waals surface area contributed by atoms with Gasteiger partial charge in [0.1, 0.15) is 0 Å². The molecule has 0 bridgehead atoms. The normalized spacial score (nSPS) is 16.6. The number of anilines is 1. The minimum atomic E-state index is -0.397. The zero-order valence-electron chi connectivity index (χ0n) is 10.6. The predicted octanol–water partition coefficient (Wildman–Crippen LogP) is 2.28. The fourth-order valence-corrected chi connectivity index (χ4v) is 2.38. The number of para-hydroxylation sites is 1. The number of fused-ring (bicyclic) bond motifs is 1. The first kappa shape index (κ1) is 13.0. The van der Waals surface area contributed by atoms with Gasteiger partial charge in [-0.25, -0.2) is 0 Å². The Bertz CT molecular complexity index is 473. The Morgan fingerprint density at radius 3 is 2.83 bits per heavy atom. The number of hydrogen-bond donors (Lipinski definition) is 1. The van der Waals surface area contributed by atoms with Crippen molar-refractivity contribution < 1.29 is 4.79 Å². The summed E-state index contributed by atoms with van der Waals surface area (Å²) in [5, 5.41) is 0. The van der Waals surface area contributed by atoms with Crippen LogP contribution in [0.1, 0.15) is 25.3 Å². The van der Waals surface area contributed by atoms with E-state index in [4.69, 9.17) is 18.0 Å². The molecule has 2 N–H and O–H groups in total. The quantitative estimate of drug-likeness (QED) is 0.832. The highest BCUT2D eigenvalue weighted by Gasteiger charge is 2.26. The summed E-state index contributed by atoms with van der Waals surface area (Å²) in [5.74, 6) is -0.386. The molecule has 1 aliphatic rings. The third kappa shape index (κ3) is 2.53. The molecule has 0 radical (unpaired) electrons. The molecule has 3 nitrogen and oxygen atoms in total. The number of nitrogens with zero attached hydrogens (tertiary/aromatic N) is 1. The second-order valence-corrected chi connectivity index (χ2v) is 5.17. The molecule has 1 aromatic carbocycles. The van der Waals surface area contributed by atoms with Crippen molar-refractivity contribution in [3.63, 3.8) is 0 Å². The highest BCUT2D eigenvalue weighted by atomic mass is 32.1. The molecule has 0 aromatic heterocycles. The Labute approximate surface area is 113 Å². The number of thiocarbonyl (C=S) groups is 1. The summed E-state index contributed by atoms with van der Waals surface area (Å²) in [7, 11) is 0. The van der Waals surface area contributed by atoms with E-state index in [-0.39, 0.29) is 10.9 Å². The standard InChI is InChI=1S/C14H18N2OS/c1-10(13(15)18)14(17)16-9-5-4-7-11-6-2-3-8-12(11)16/h2-3,6,8,10H,4-5,7,9H2,1H3,(H2,15,18). The van der Waals surface area contributed by atoms with Crippen molar-refractivity contribution in [3.05, 3.63) is 29.8 Å². The summed E-state index contributed by atoms with van der Waals surface area (Å²) < 4.78 is 0. The maximum Gasteiger partial charge on any atom is 0.236 e. The highest BCUT2D eigenvalue weighted by Crippen LogP contribution is 2.27. The Kier molecular flexibility index (Phi) is 3.97. The molecule has 2 rings (SSSR count). The maximum absolute atomic E-state index is 12.4. The van der Waals surface area contributed by atoms with E-state index in [9.17, 15) is 4.79 Å². The van der Waals surface area contributed by atoms with Gasteiger partial charge in [-0.1, -0.05) is 30.4 Å². The average molecular weight is 262 g/mol. The molecule has 1 heterocycles. The number of carbonyl (C=O) groups is 1. The summed E-state index contributed by atoms with van der Waals surface area (Å²) in [4.78, 5) is 14.5. The second kappa shape index (κ2) is 5.48. The van der Waals surface area contributed by atoms with Crippen LogP contribution in [0.15, 0.2) is 24.3 Å². The molecule has 1 aromatic rings. The molecule has 1 unspecified atom stereocenters. The van der Waals surface area contributed by atoms with Crippen LogP contribution in [0.4, 0.5) is 5.69 Å². The number of carbonyl (C=O) groups excluding carboxylic acids is 1. The van der Waals surface area contributed by atoms with Crippen LogP contribution in [0.3, 0.4) is 0 Å². The zero-order valence-corrected chi connectivity index (χ0v) is 11.4. The van der Waals surface area contributed by atoms with Gasteiger partial charge in [0.25, 0.3) is 0 Å². The summed E-state index contributed by atoms with van der Waals surface area (Å²) in [5.41, 5.74) is 7.84. The first-order valence-electron chi connectivity index (χ1n) is 6.30. The van der Waals surface area contributed by atoms with Crippen molar-refractivity contribution in [2.24, 2.45) is 11.7 Å². The van der Waals surface area contributed by atoms with E-state index in [0.29, 0.717) is 0 Å². The molecule has 0 saturated heterocycles. The van der Waals surface area contributed by atoms with Gasteiger partial charge in [-0.3, -0.25) is 4.79 Å². The Hall–Kier alpha value is -1.42. The van der Waals surface area contributed by atoms with Crippen LogP contribution in [0.25, 0.3) is 0 Å². The smallest absolute Gasteiger partial charge is 0.236 e. The van der Waals surface area contributed by atoms with Gasteiger partial charge in [-0.2, -0.15) is 0 Å². The van der Waals surface area contributed by atoms with Crippen molar-refractivity contribution in [2.45, 2.75) is 26.2 Å². The number of amides is 1. The van der Waals surface area contributed by atoms with Gasteiger partial charge in [0.15, 0.2) is 0 Å². The van der Waals surface area contributed by atoms with E-state index >= 15 is 0 Å². The van der Waals surface area contributed by atoms with Gasteiger partial charge in [0.05, 0.1) is 10.9 Å². The first-order valence-corrected chi connectivity index (χ1v) is 6.70. The summed E-state index contributed by atoms with van der Waals surface area (Å²) in [6.45, 7) is 2.53. The fraction of sp³-hybridized carbons (Fsp3) is 0.429. The maximum atomic E-state index is 12.4. The number of hydrogen-bond acceptors (Lipinski definition) is 2. The monoisotopic (exact) mass is 262 g/mol. The minimum absolute atomic E-state index is 0.0110. The predicted molar refractivity (Wildman–Crippen MR) is 77.7 cm³/mol. The molecule has 0 fully saturated rings. The molecule has 4 heteroatoms. The molecule has 96 valence electrons. The van der Waals surface area contributed by atoms with Gasteiger partial charge in [-0.15, -0.1) is 0 Å². The summed E-state index contributed by atoms with van der Waals surface area (Å²) >= 11 is 4.93. The SMILES string of the molecule is CC(C(=O)N1CCCCc2ccccc21)C(N)=S. The number of aryl methyl sites for hydroxylation is 1. The van der Waals surface area contributed by atoms with Gasteiger partial charge in [0, 0.05) is 12.2 Å². The largest absolute Gasteiger partial charge is 0.393 e. The van der Waals surface area contributed by atoms with Crippen molar-refractivity contribution in [3.8, 4) is 0 Å². The lowest BCUT2D eigenvalue weighted by atomic mass is 10.1. The van der Waals surface area contributed by atoms with Crippen LogP contribution in [0, 0.1) is 5.92 Å². The minimum Gasteiger partial charge on any atom is -0.393 e. The molecule has 1 atom stereocenters. The number of benzene rings is 1. The van der Waals surface area contributed by atoms with E-state index < -0.39 is 5.92 Å². The van der Waals surface area contributed by atoms with Gasteiger partial charge < -0.3 is 10.6 Å². The fourth-order valence-electron chi connectivity index (χ4n) is 2.28. The van der Waals surface area contributed by atoms with E-state index in [1.165, 1.54) is 5.56 Å². The van der Waals surface area contributed by atoms with Crippen molar-refractivity contribution in [2.75, 3.05) is 11.4 Å². The first-order chi connectivity index (χ1) is 8.61. The van der Waals surface area contributed by atoms with Gasteiger partial charge >= 0.3 is 0 Å². The zero-order chi connectivity index (χ0) is 13.1. The molecular weight excluding hydrogens is 244 g/mol. The van der Waals surface area contributed by atoms with Crippen LogP contribution in [-0.2, 0) is 11.2 Å². The Morgan fingerprint density at radius 2 is 2.11 bits per heavy atom. The van der Waals surface area contributed by atoms with Crippen molar-refractivity contribution in [1.82, 2.24) is 0 Å². The van der Waals surface area contributed by atoms with Crippen LogP contribution in [-0.4, -0.2) is 17.4 Å². The summed E-state index contributed by atoms with van der Waals surface area (Å²) in [6.07, 6.45) is 3.16. The number of rotatable bonds is 2. The highest BCUT2D eigenvalue weighted by molar-refractivity contribution is 7.80. The molecule has 0 spiro atoms. The molecule has 18 heavy (non-hydrogen) atoms. The van der Waals surface area contributed by atoms with Crippen LogP contribution < -0.4 is 10.6 Å². The lowest BCUT2D eigenvalue weighted by Crippen LogP contribution is -2.40. The van der Waals surface area contributed by atoms with E-state index in [0.717, 1.165) is 31.5 Å². The van der Waals surface area contributed by atoms with Gasteiger partial charge in [-0.05, 0) is 37.8 Å². The number of nitrogens with two attached hydrogens (primary N) is 1. The van der Waals surface area contributed by atoms with Crippen LogP contribution in [0.5, 0.6) is 0 Å². The third-order valence-corrected chi connectivity index (χ3v) is 3.78. The summed E-state index contributed by atoms with van der Waals surface area (Å²) in [6, 6.07) is 8.08. The van der Waals surface area contributed by atoms with E-state index in [2.05, 4.69) is 6.07 Å². The lowest BCUT2D eigenvalue weighted by molar-refractivity contribution is -0.120. The van der Waals surface area contributed by atoms with Crippen LogP contribution in [0.2, 0.25) is 0 Å². The average Bonchev–Trinajstić information content (AvgIpc) is 2.59. The third-order valence-electron chi connectivity index (χ3n) is 3.42. The second-order valence-electron chi connectivity index (χ2n) is 4.70. The Balaban J connectivity index is 2.33. The van der Waals surface area contributed by atoms with Crippen LogP contribution >= 0.6 is 12.2 Å². The van der Waals surface area contributed by atoms with E-state index in [1.54, 1.807) is 6.92 Å². The van der Waals surface area contributed by atoms with Crippen molar-refractivity contribution >= 4 is 28.8 Å². The van der Waals surface area contributed by atoms with Gasteiger partial charge in [0.2, 0.25) is 5.91 Å². The molecule has 0 saturated carbocycles.